The summed E-state index contributed by atoms with van der Waals surface area (Å²) in [7, 11) is 0. The topological polar surface area (TPSA) is 55.1 Å². The molecule has 38 heavy (non-hydrogen) atoms. The van der Waals surface area contributed by atoms with Crippen LogP contribution in [-0.4, -0.2) is 31.8 Å². The van der Waals surface area contributed by atoms with Gasteiger partial charge in [-0.25, -0.2) is 9.48 Å². The molecule has 0 saturated heterocycles. The highest BCUT2D eigenvalue weighted by Crippen LogP contribution is 2.38. The van der Waals surface area contributed by atoms with Crippen molar-refractivity contribution in [2.24, 2.45) is 0 Å². The largest absolute Gasteiger partial charge is 0.338 e. The molecular weight excluding hydrogens is 470 g/mol. The van der Waals surface area contributed by atoms with Crippen molar-refractivity contribution in [3.63, 3.8) is 0 Å². The zero-order chi connectivity index (χ0) is 25.9. The van der Waals surface area contributed by atoms with E-state index in [1.54, 1.807) is 0 Å². The van der Waals surface area contributed by atoms with Gasteiger partial charge in [-0.2, -0.15) is 5.10 Å². The van der Waals surface area contributed by atoms with Crippen LogP contribution in [0.3, 0.4) is 0 Å². The van der Waals surface area contributed by atoms with E-state index < -0.39 is 0 Å². The highest BCUT2D eigenvalue weighted by molar-refractivity contribution is 5.76. The van der Waals surface area contributed by atoms with Gasteiger partial charge in [-0.05, 0) is 48.2 Å². The summed E-state index contributed by atoms with van der Waals surface area (Å²) in [6, 6.07) is 34.6. The minimum Gasteiger partial charge on any atom is -0.338 e. The number of benzene rings is 3. The Morgan fingerprint density at radius 2 is 1.58 bits per heavy atom. The fourth-order valence-corrected chi connectivity index (χ4v) is 5.39. The highest BCUT2D eigenvalue weighted by Gasteiger charge is 2.36. The Hall–Kier alpha value is -4.58. The minimum atomic E-state index is -0.246. The van der Waals surface area contributed by atoms with Crippen LogP contribution in [0.25, 0.3) is 11.5 Å². The Bertz CT molecular complexity index is 1520. The molecule has 1 aliphatic rings. The Kier molecular flexibility index (Phi) is 6.53. The van der Waals surface area contributed by atoms with Crippen LogP contribution in [0.5, 0.6) is 0 Å². The van der Waals surface area contributed by atoms with Crippen molar-refractivity contribution in [3.05, 3.63) is 137 Å². The molecule has 2 aromatic heterocycles. The van der Waals surface area contributed by atoms with Gasteiger partial charge in [0.1, 0.15) is 5.82 Å². The average molecular weight is 502 g/mol. The van der Waals surface area contributed by atoms with E-state index in [2.05, 4.69) is 71.5 Å². The molecule has 0 radical (unpaired) electrons. The number of nitrogens with zero attached hydrogens (tertiary/aromatic N) is 4. The van der Waals surface area contributed by atoms with E-state index in [1.165, 1.54) is 5.56 Å². The van der Waals surface area contributed by atoms with Gasteiger partial charge in [0.2, 0.25) is 0 Å². The third-order valence-electron chi connectivity index (χ3n) is 7.21. The van der Waals surface area contributed by atoms with Gasteiger partial charge in [-0.1, -0.05) is 85.8 Å². The molecule has 6 nitrogen and oxygen atoms in total. The number of fused-ring (bicyclic) bond motifs is 3. The van der Waals surface area contributed by atoms with Crippen LogP contribution in [0.4, 0.5) is 4.79 Å². The first-order chi connectivity index (χ1) is 18.7. The summed E-state index contributed by atoms with van der Waals surface area (Å²) in [6.45, 7) is 3.15. The van der Waals surface area contributed by atoms with E-state index in [4.69, 9.17) is 5.10 Å². The summed E-state index contributed by atoms with van der Waals surface area (Å²) < 4.78 is 4.24. The van der Waals surface area contributed by atoms with E-state index in [1.807, 2.05) is 64.2 Å². The van der Waals surface area contributed by atoms with Gasteiger partial charge >= 0.3 is 6.03 Å². The molecule has 1 N–H and O–H groups in total. The molecule has 3 heterocycles. The normalized spacial score (nSPS) is 14.4. The smallest absolute Gasteiger partial charge is 0.318 e. The van der Waals surface area contributed by atoms with Crippen LogP contribution in [-0.2, 0) is 19.4 Å². The summed E-state index contributed by atoms with van der Waals surface area (Å²) in [5.41, 5.74) is 6.39. The molecule has 0 bridgehead atoms. The fourth-order valence-electron chi connectivity index (χ4n) is 5.39. The molecule has 1 atom stereocenters. The Balaban J connectivity index is 1.44. The lowest BCUT2D eigenvalue weighted by Gasteiger charge is -2.31. The molecule has 0 spiro atoms. The lowest BCUT2D eigenvalue weighted by atomic mass is 10.0. The number of para-hydroxylation sites is 1. The number of amides is 2. The quantitative estimate of drug-likeness (QED) is 0.306. The Labute approximate surface area is 223 Å². The van der Waals surface area contributed by atoms with Gasteiger partial charge < -0.3 is 14.8 Å². The van der Waals surface area contributed by atoms with Crippen molar-refractivity contribution in [2.45, 2.75) is 32.4 Å². The molecule has 0 fully saturated rings. The van der Waals surface area contributed by atoms with E-state index in [0.29, 0.717) is 13.1 Å². The van der Waals surface area contributed by atoms with Gasteiger partial charge in [-0.15, -0.1) is 0 Å². The molecule has 0 aliphatic carbocycles. The SMILES string of the molecule is CCc1nn(-c2ccccc2)c2c1CN(C(=O)NCCc1ccccc1)[C@H](c1ccccc1)c1cccn1-2. The number of aromatic nitrogens is 3. The first-order valence-electron chi connectivity index (χ1n) is 13.2. The van der Waals surface area contributed by atoms with Gasteiger partial charge in [0.05, 0.1) is 29.7 Å². The summed E-state index contributed by atoms with van der Waals surface area (Å²) in [5, 5.41) is 8.24. The van der Waals surface area contributed by atoms with Gasteiger partial charge in [-0.3, -0.25) is 0 Å². The second-order valence-electron chi connectivity index (χ2n) is 9.56. The third kappa shape index (κ3) is 4.39. The van der Waals surface area contributed by atoms with Crippen LogP contribution < -0.4 is 5.32 Å². The monoisotopic (exact) mass is 501 g/mol. The molecule has 5 aromatic rings. The van der Waals surface area contributed by atoms with E-state index in [0.717, 1.165) is 46.9 Å². The first-order valence-corrected chi connectivity index (χ1v) is 13.2. The molecule has 6 rings (SSSR count). The number of rotatable bonds is 6. The number of nitrogens with one attached hydrogen (secondary N) is 1. The van der Waals surface area contributed by atoms with Crippen LogP contribution in [0.1, 0.15) is 41.0 Å². The molecular formula is C32H31N5O. The minimum absolute atomic E-state index is 0.0788. The lowest BCUT2D eigenvalue weighted by molar-refractivity contribution is 0.180. The average Bonchev–Trinajstić information content (AvgIpc) is 3.55. The number of carbonyl (C=O) groups excluding carboxylic acids is 1. The summed E-state index contributed by atoms with van der Waals surface area (Å²) in [6.07, 6.45) is 3.64. The second-order valence-corrected chi connectivity index (χ2v) is 9.56. The van der Waals surface area contributed by atoms with Gasteiger partial charge in [0, 0.05) is 18.3 Å². The molecule has 1 aliphatic heterocycles. The maximum absolute atomic E-state index is 13.9. The predicted octanol–water partition coefficient (Wildman–Crippen LogP) is 6.08. The highest BCUT2D eigenvalue weighted by atomic mass is 16.2. The van der Waals surface area contributed by atoms with Crippen molar-refractivity contribution in [3.8, 4) is 11.5 Å². The summed E-state index contributed by atoms with van der Waals surface area (Å²) in [5.74, 6) is 0.994. The van der Waals surface area contributed by atoms with Crippen LogP contribution in [0, 0.1) is 0 Å². The Morgan fingerprint density at radius 1 is 0.895 bits per heavy atom. The standard InChI is InChI=1S/C32H31N5O/c1-2-28-27-23-36(32(38)33-21-20-24-13-6-3-7-14-24)30(25-15-8-4-9-16-25)29-19-12-22-35(29)31(27)37(34-28)26-17-10-5-11-18-26/h3-19,22,30H,2,20-21,23H2,1H3,(H,33,38)/t30-/m1/s1. The maximum atomic E-state index is 13.9. The van der Waals surface area contributed by atoms with E-state index in [9.17, 15) is 4.79 Å². The van der Waals surface area contributed by atoms with Crippen molar-refractivity contribution < 1.29 is 4.79 Å². The third-order valence-corrected chi connectivity index (χ3v) is 7.21. The second kappa shape index (κ2) is 10.4. The maximum Gasteiger partial charge on any atom is 0.318 e. The first kappa shape index (κ1) is 23.8. The van der Waals surface area contributed by atoms with Crippen molar-refractivity contribution in [1.29, 1.82) is 0 Å². The molecule has 190 valence electrons. The molecule has 0 unspecified atom stereocenters. The molecule has 6 heteroatoms. The Morgan fingerprint density at radius 3 is 2.29 bits per heavy atom. The zero-order valence-electron chi connectivity index (χ0n) is 21.5. The number of hydrogen-bond donors (Lipinski definition) is 1. The van der Waals surface area contributed by atoms with Crippen LogP contribution in [0.15, 0.2) is 109 Å². The number of aryl methyl sites for hydroxylation is 1. The van der Waals surface area contributed by atoms with Crippen molar-refractivity contribution in [2.75, 3.05) is 6.54 Å². The zero-order valence-corrected chi connectivity index (χ0v) is 21.5. The fraction of sp³-hybridized carbons (Fsp3) is 0.188. The number of carbonyl (C=O) groups is 1. The number of hydrogen-bond acceptors (Lipinski definition) is 2. The molecule has 3 aromatic carbocycles. The van der Waals surface area contributed by atoms with Gasteiger partial charge in [0.15, 0.2) is 0 Å². The van der Waals surface area contributed by atoms with Crippen LogP contribution >= 0.6 is 0 Å². The lowest BCUT2D eigenvalue weighted by Crippen LogP contribution is -2.42. The number of urea groups is 1. The summed E-state index contributed by atoms with van der Waals surface area (Å²) >= 11 is 0. The van der Waals surface area contributed by atoms with Crippen molar-refractivity contribution >= 4 is 6.03 Å². The van der Waals surface area contributed by atoms with E-state index in [-0.39, 0.29) is 12.1 Å². The predicted molar refractivity (Wildman–Crippen MR) is 150 cm³/mol. The van der Waals surface area contributed by atoms with Gasteiger partial charge in [0.25, 0.3) is 0 Å². The molecule has 0 saturated carbocycles. The van der Waals surface area contributed by atoms with Crippen LogP contribution in [0.2, 0.25) is 0 Å². The van der Waals surface area contributed by atoms with E-state index >= 15 is 0 Å². The summed E-state index contributed by atoms with van der Waals surface area (Å²) in [4.78, 5) is 15.9. The van der Waals surface area contributed by atoms with Crippen molar-refractivity contribution in [1.82, 2.24) is 24.6 Å². The molecule has 2 amide bonds.